The molecule has 0 unspecified atom stereocenters. The summed E-state index contributed by atoms with van der Waals surface area (Å²) in [4.78, 5) is 14.4. The number of hydrogen-bond donors (Lipinski definition) is 2. The van der Waals surface area contributed by atoms with E-state index in [0.29, 0.717) is 34.2 Å². The first-order valence-electron chi connectivity index (χ1n) is 9.50. The van der Waals surface area contributed by atoms with Crippen molar-refractivity contribution in [2.24, 2.45) is 5.10 Å². The van der Waals surface area contributed by atoms with E-state index in [-0.39, 0.29) is 16.6 Å². The van der Waals surface area contributed by atoms with E-state index < -0.39 is 10.0 Å². The molecule has 168 valence electrons. The van der Waals surface area contributed by atoms with E-state index in [1.807, 2.05) is 0 Å². The van der Waals surface area contributed by atoms with Crippen LogP contribution in [0, 0.1) is 6.92 Å². The van der Waals surface area contributed by atoms with Crippen molar-refractivity contribution in [2.45, 2.75) is 18.7 Å². The molecule has 0 bridgehead atoms. The molecular formula is C22H23N3O6S. The zero-order valence-electron chi connectivity index (χ0n) is 18.0. The molecule has 0 atom stereocenters. The van der Waals surface area contributed by atoms with Crippen molar-refractivity contribution in [3.63, 3.8) is 0 Å². The number of aryl methyl sites for hydroxylation is 1. The molecule has 0 aliphatic carbocycles. The molecule has 1 aromatic heterocycles. The highest BCUT2D eigenvalue weighted by atomic mass is 32.2. The Kier molecular flexibility index (Phi) is 6.84. The highest BCUT2D eigenvalue weighted by molar-refractivity contribution is 7.89. The van der Waals surface area contributed by atoms with Gasteiger partial charge in [-0.1, -0.05) is 12.1 Å². The van der Waals surface area contributed by atoms with Gasteiger partial charge in [-0.25, -0.2) is 0 Å². The van der Waals surface area contributed by atoms with Crippen LogP contribution in [0.15, 0.2) is 69.0 Å². The van der Waals surface area contributed by atoms with Crippen molar-refractivity contribution in [1.29, 1.82) is 0 Å². The number of carbonyl (C=O) groups is 1. The van der Waals surface area contributed by atoms with Gasteiger partial charge >= 0.3 is 0 Å². The second kappa shape index (κ2) is 9.56. The minimum atomic E-state index is -3.91. The third kappa shape index (κ3) is 5.27. The van der Waals surface area contributed by atoms with E-state index in [9.17, 15) is 13.2 Å². The molecule has 1 amide bonds. The van der Waals surface area contributed by atoms with Crippen LogP contribution in [0.1, 0.15) is 28.8 Å². The number of nitrogens with zero attached hydrogens (tertiary/aromatic N) is 1. The number of carbonyl (C=O) groups excluding carboxylic acids is 1. The molecule has 1 heterocycles. The molecule has 0 aliphatic heterocycles. The Morgan fingerprint density at radius 3 is 2.25 bits per heavy atom. The molecule has 3 aromatic rings. The van der Waals surface area contributed by atoms with E-state index in [1.54, 1.807) is 50.2 Å². The first kappa shape index (κ1) is 22.9. The fourth-order valence-corrected chi connectivity index (χ4v) is 3.65. The molecule has 32 heavy (non-hydrogen) atoms. The van der Waals surface area contributed by atoms with Gasteiger partial charge in [-0.3, -0.25) is 4.79 Å². The van der Waals surface area contributed by atoms with Gasteiger partial charge in [-0.2, -0.15) is 18.4 Å². The summed E-state index contributed by atoms with van der Waals surface area (Å²) in [6, 6.07) is 14.4. The van der Waals surface area contributed by atoms with Gasteiger partial charge in [0.15, 0.2) is 17.3 Å². The molecule has 3 rings (SSSR count). The number of hydrazone groups is 1. The van der Waals surface area contributed by atoms with Crippen LogP contribution in [0.4, 0.5) is 5.69 Å². The summed E-state index contributed by atoms with van der Waals surface area (Å²) >= 11 is 0. The Balaban J connectivity index is 1.69. The summed E-state index contributed by atoms with van der Waals surface area (Å²) in [5, 5.41) is 6.72. The van der Waals surface area contributed by atoms with Crippen LogP contribution in [0.5, 0.6) is 11.5 Å². The average Bonchev–Trinajstić information content (AvgIpc) is 3.24. The van der Waals surface area contributed by atoms with Crippen LogP contribution in [0.25, 0.3) is 0 Å². The third-order valence-electron chi connectivity index (χ3n) is 4.52. The van der Waals surface area contributed by atoms with Crippen LogP contribution >= 0.6 is 0 Å². The molecule has 2 N–H and O–H groups in total. The second-order valence-electron chi connectivity index (χ2n) is 6.75. The number of furan rings is 1. The topological polar surface area (TPSA) is 119 Å². The minimum Gasteiger partial charge on any atom is -0.493 e. The van der Waals surface area contributed by atoms with Crippen LogP contribution in [0.3, 0.4) is 0 Å². The minimum absolute atomic E-state index is 0.0158. The van der Waals surface area contributed by atoms with Crippen LogP contribution in [-0.2, 0) is 10.0 Å². The number of anilines is 1. The average molecular weight is 458 g/mol. The van der Waals surface area contributed by atoms with E-state index >= 15 is 0 Å². The lowest BCUT2D eigenvalue weighted by molar-refractivity contribution is 0.0995. The highest BCUT2D eigenvalue weighted by Gasteiger charge is 2.17. The monoisotopic (exact) mass is 457 g/mol. The largest absolute Gasteiger partial charge is 0.493 e. The fourth-order valence-electron chi connectivity index (χ4n) is 2.77. The first-order chi connectivity index (χ1) is 15.2. The van der Waals surface area contributed by atoms with E-state index in [0.717, 1.165) is 0 Å². The summed E-state index contributed by atoms with van der Waals surface area (Å²) in [5.74, 6) is 1.21. The van der Waals surface area contributed by atoms with Crippen LogP contribution in [0.2, 0.25) is 0 Å². The number of ether oxygens (including phenoxy) is 2. The van der Waals surface area contributed by atoms with Gasteiger partial charge in [0.05, 0.1) is 24.8 Å². The maximum absolute atomic E-state index is 12.6. The molecule has 0 saturated carbocycles. The van der Waals surface area contributed by atoms with Crippen molar-refractivity contribution in [2.75, 3.05) is 19.5 Å². The molecule has 2 aromatic carbocycles. The number of methoxy groups -OCH3 is 2. The highest BCUT2D eigenvalue weighted by Crippen LogP contribution is 2.29. The normalized spacial score (nSPS) is 11.7. The summed E-state index contributed by atoms with van der Waals surface area (Å²) in [6.45, 7) is 3.42. The van der Waals surface area contributed by atoms with Crippen molar-refractivity contribution in [3.05, 3.63) is 71.7 Å². The molecule has 0 saturated heterocycles. The lowest BCUT2D eigenvalue weighted by Crippen LogP contribution is -2.20. The molecule has 0 aliphatic rings. The van der Waals surface area contributed by atoms with Gasteiger partial charge in [-0.05, 0) is 55.8 Å². The maximum Gasteiger partial charge on any atom is 0.291 e. The Morgan fingerprint density at radius 1 is 0.969 bits per heavy atom. The van der Waals surface area contributed by atoms with E-state index in [4.69, 9.17) is 13.9 Å². The van der Waals surface area contributed by atoms with Gasteiger partial charge in [0.25, 0.3) is 15.9 Å². The van der Waals surface area contributed by atoms with Gasteiger partial charge in [0.1, 0.15) is 5.76 Å². The third-order valence-corrected chi connectivity index (χ3v) is 5.73. The number of hydrogen-bond acceptors (Lipinski definition) is 7. The quantitative estimate of drug-likeness (QED) is 0.394. The molecular weight excluding hydrogens is 434 g/mol. The maximum atomic E-state index is 12.6. The van der Waals surface area contributed by atoms with Gasteiger partial charge in [0, 0.05) is 11.8 Å². The summed E-state index contributed by atoms with van der Waals surface area (Å²) < 4.78 is 40.7. The molecule has 0 radical (unpaired) electrons. The fraction of sp³-hybridized carbons (Fsp3) is 0.182. The van der Waals surface area contributed by atoms with Crippen LogP contribution in [-0.4, -0.2) is 34.3 Å². The Labute approximate surface area is 186 Å². The van der Waals surface area contributed by atoms with Crippen molar-refractivity contribution in [1.82, 2.24) is 4.83 Å². The zero-order chi connectivity index (χ0) is 23.3. The van der Waals surface area contributed by atoms with Crippen molar-refractivity contribution in [3.8, 4) is 11.5 Å². The Bertz CT molecular complexity index is 1250. The zero-order valence-corrected chi connectivity index (χ0v) is 18.8. The lowest BCUT2D eigenvalue weighted by atomic mass is 10.1. The summed E-state index contributed by atoms with van der Waals surface area (Å²) in [6.07, 6.45) is 0. The molecule has 0 spiro atoms. The van der Waals surface area contributed by atoms with Crippen molar-refractivity contribution >= 4 is 27.3 Å². The lowest BCUT2D eigenvalue weighted by Gasteiger charge is -2.10. The second-order valence-corrected chi connectivity index (χ2v) is 8.41. The van der Waals surface area contributed by atoms with Crippen LogP contribution < -0.4 is 19.6 Å². The number of nitrogens with one attached hydrogen (secondary N) is 2. The predicted octanol–water partition coefficient (Wildman–Crippen LogP) is 3.56. The van der Waals surface area contributed by atoms with E-state index in [1.165, 1.54) is 32.4 Å². The van der Waals surface area contributed by atoms with E-state index in [2.05, 4.69) is 15.2 Å². The Morgan fingerprint density at radius 2 is 1.66 bits per heavy atom. The van der Waals surface area contributed by atoms with Gasteiger partial charge in [-0.15, -0.1) is 0 Å². The molecule has 9 nitrogen and oxygen atoms in total. The van der Waals surface area contributed by atoms with Gasteiger partial charge in [0.2, 0.25) is 0 Å². The number of rotatable bonds is 8. The number of sulfonamides is 1. The molecule has 10 heteroatoms. The number of benzene rings is 2. The van der Waals surface area contributed by atoms with Crippen molar-refractivity contribution < 1.29 is 27.1 Å². The predicted molar refractivity (Wildman–Crippen MR) is 120 cm³/mol. The smallest absolute Gasteiger partial charge is 0.291 e. The SMILES string of the molecule is COc1ccc(S(=O)(=O)NN=C(C)c2ccc(NC(=O)c3ccc(C)o3)cc2)cc1OC. The van der Waals surface area contributed by atoms with Gasteiger partial charge < -0.3 is 19.2 Å². The summed E-state index contributed by atoms with van der Waals surface area (Å²) in [7, 11) is -1.03. The Hall–Kier alpha value is -3.79. The summed E-state index contributed by atoms with van der Waals surface area (Å²) in [5.41, 5.74) is 1.67. The standard InChI is InChI=1S/C22H23N3O6S/c1-14-5-11-20(31-14)22(26)23-17-8-6-16(7-9-17)15(2)24-25-32(27,28)18-10-12-19(29-3)21(13-18)30-4/h5-13,25H,1-4H3,(H,23,26). The first-order valence-corrected chi connectivity index (χ1v) is 11.0. The molecule has 0 fully saturated rings. The number of amides is 1.